The number of methoxy groups -OCH3 is 1. The summed E-state index contributed by atoms with van der Waals surface area (Å²) in [5, 5.41) is 8.45. The summed E-state index contributed by atoms with van der Waals surface area (Å²) in [5.74, 6) is 2.95. The lowest BCUT2D eigenvalue weighted by Gasteiger charge is -2.25. The molecule has 2 aromatic rings. The maximum Gasteiger partial charge on any atom is 0.152 e. The van der Waals surface area contributed by atoms with Crippen LogP contribution in [0.3, 0.4) is 0 Å². The van der Waals surface area contributed by atoms with Gasteiger partial charge in [-0.3, -0.25) is 0 Å². The molecule has 0 unspecified atom stereocenters. The van der Waals surface area contributed by atoms with Crippen LogP contribution in [0.5, 0.6) is 5.75 Å². The minimum Gasteiger partial charge on any atom is -0.496 e. The molecule has 5 nitrogen and oxygen atoms in total. The molecular weight excluding hydrogens is 264 g/mol. The molecule has 0 radical (unpaired) electrons. The van der Waals surface area contributed by atoms with Gasteiger partial charge in [-0.15, -0.1) is 10.2 Å². The van der Waals surface area contributed by atoms with E-state index in [0.717, 1.165) is 36.9 Å². The molecule has 1 aliphatic heterocycles. The van der Waals surface area contributed by atoms with Gasteiger partial charge in [-0.1, -0.05) is 6.07 Å². The van der Waals surface area contributed by atoms with Gasteiger partial charge in [0.2, 0.25) is 0 Å². The van der Waals surface area contributed by atoms with Gasteiger partial charge in [0.25, 0.3) is 0 Å². The summed E-state index contributed by atoms with van der Waals surface area (Å²) in [6, 6.07) is 6.30. The molecule has 0 fully saturated rings. The third-order valence-electron chi connectivity index (χ3n) is 4.29. The van der Waals surface area contributed by atoms with Crippen LogP contribution in [0, 0.1) is 6.92 Å². The number of fused-ring (bicyclic) bond motifs is 1. The predicted octanol–water partition coefficient (Wildman–Crippen LogP) is 2.48. The van der Waals surface area contributed by atoms with E-state index in [0.29, 0.717) is 0 Å². The van der Waals surface area contributed by atoms with Gasteiger partial charge in [0.15, 0.2) is 5.82 Å². The van der Waals surface area contributed by atoms with Crippen molar-refractivity contribution < 1.29 is 4.74 Å². The first-order valence-corrected chi connectivity index (χ1v) is 7.46. The van der Waals surface area contributed by atoms with E-state index in [4.69, 9.17) is 4.74 Å². The highest BCUT2D eigenvalue weighted by Gasteiger charge is 2.20. The van der Waals surface area contributed by atoms with Crippen LogP contribution in [0.15, 0.2) is 18.2 Å². The van der Waals surface area contributed by atoms with E-state index in [9.17, 15) is 0 Å². The average Bonchev–Trinajstić information content (AvgIpc) is 2.71. The van der Waals surface area contributed by atoms with Crippen molar-refractivity contribution in [1.29, 1.82) is 0 Å². The molecule has 0 atom stereocenters. The Morgan fingerprint density at radius 2 is 2.10 bits per heavy atom. The molecule has 3 rings (SSSR count). The molecule has 0 saturated heterocycles. The van der Waals surface area contributed by atoms with E-state index in [1.54, 1.807) is 7.11 Å². The number of hydrogen-bond donors (Lipinski definition) is 0. The van der Waals surface area contributed by atoms with Crippen molar-refractivity contribution in [1.82, 2.24) is 14.8 Å². The second-order valence-electron chi connectivity index (χ2n) is 5.56. The zero-order valence-electron chi connectivity index (χ0n) is 13.0. The number of rotatable bonds is 3. The van der Waals surface area contributed by atoms with Crippen molar-refractivity contribution in [3.8, 4) is 5.75 Å². The number of nitrogens with zero attached hydrogens (tertiary/aromatic N) is 4. The van der Waals surface area contributed by atoms with E-state index < -0.39 is 0 Å². The molecular formula is C16H22N4O. The third-order valence-corrected chi connectivity index (χ3v) is 4.29. The molecule has 0 saturated carbocycles. The summed E-state index contributed by atoms with van der Waals surface area (Å²) < 4.78 is 7.59. The number of benzene rings is 1. The lowest BCUT2D eigenvalue weighted by Crippen LogP contribution is -2.25. The van der Waals surface area contributed by atoms with Crippen molar-refractivity contribution in [3.63, 3.8) is 0 Å². The first kappa shape index (κ1) is 13.9. The zero-order chi connectivity index (χ0) is 14.8. The number of aromatic nitrogens is 3. The van der Waals surface area contributed by atoms with E-state index in [1.807, 2.05) is 14.0 Å². The molecule has 0 spiro atoms. The van der Waals surface area contributed by atoms with E-state index in [-0.39, 0.29) is 0 Å². The third kappa shape index (κ3) is 2.60. The summed E-state index contributed by atoms with van der Waals surface area (Å²) in [7, 11) is 3.77. The van der Waals surface area contributed by atoms with E-state index >= 15 is 0 Å². The zero-order valence-corrected chi connectivity index (χ0v) is 13.0. The molecule has 2 heterocycles. The summed E-state index contributed by atoms with van der Waals surface area (Å²) in [6.45, 7) is 3.82. The molecule has 0 amide bonds. The smallest absolute Gasteiger partial charge is 0.152 e. The SMILES string of the molecule is COc1cccc2c1CCCCN2Cc1nnc(C)n1C. The van der Waals surface area contributed by atoms with Crippen LogP contribution >= 0.6 is 0 Å². The Balaban J connectivity index is 1.95. The molecule has 1 aromatic heterocycles. The van der Waals surface area contributed by atoms with Crippen molar-refractivity contribution in [2.45, 2.75) is 32.7 Å². The van der Waals surface area contributed by atoms with Crippen molar-refractivity contribution in [3.05, 3.63) is 35.4 Å². The molecule has 0 bridgehead atoms. The van der Waals surface area contributed by atoms with Crippen molar-refractivity contribution in [2.75, 3.05) is 18.6 Å². The van der Waals surface area contributed by atoms with Gasteiger partial charge in [-0.05, 0) is 38.3 Å². The minimum atomic E-state index is 0.789. The minimum absolute atomic E-state index is 0.789. The van der Waals surface area contributed by atoms with Crippen LogP contribution in [0.2, 0.25) is 0 Å². The van der Waals surface area contributed by atoms with Gasteiger partial charge in [-0.25, -0.2) is 0 Å². The number of aryl methyl sites for hydroxylation is 1. The van der Waals surface area contributed by atoms with Gasteiger partial charge in [0, 0.05) is 24.8 Å². The largest absolute Gasteiger partial charge is 0.496 e. The average molecular weight is 286 g/mol. The lowest BCUT2D eigenvalue weighted by molar-refractivity contribution is 0.409. The van der Waals surface area contributed by atoms with Gasteiger partial charge in [0.1, 0.15) is 11.6 Å². The Kier molecular flexibility index (Phi) is 3.82. The van der Waals surface area contributed by atoms with Crippen LogP contribution < -0.4 is 9.64 Å². The summed E-state index contributed by atoms with van der Waals surface area (Å²) >= 11 is 0. The summed E-state index contributed by atoms with van der Waals surface area (Å²) in [5.41, 5.74) is 2.59. The lowest BCUT2D eigenvalue weighted by atomic mass is 10.1. The highest BCUT2D eigenvalue weighted by Crippen LogP contribution is 2.34. The van der Waals surface area contributed by atoms with Crippen LogP contribution in [-0.4, -0.2) is 28.4 Å². The van der Waals surface area contributed by atoms with Crippen LogP contribution in [0.25, 0.3) is 0 Å². The molecule has 1 aliphatic rings. The monoisotopic (exact) mass is 286 g/mol. The fourth-order valence-corrected chi connectivity index (χ4v) is 2.94. The van der Waals surface area contributed by atoms with Gasteiger partial charge in [-0.2, -0.15) is 0 Å². The molecule has 5 heteroatoms. The highest BCUT2D eigenvalue weighted by atomic mass is 16.5. The number of ether oxygens (including phenoxy) is 1. The second kappa shape index (κ2) is 5.76. The Morgan fingerprint density at radius 1 is 1.24 bits per heavy atom. The van der Waals surface area contributed by atoms with Crippen molar-refractivity contribution in [2.24, 2.45) is 7.05 Å². The Labute approximate surface area is 125 Å². The first-order chi connectivity index (χ1) is 10.2. The van der Waals surface area contributed by atoms with Crippen LogP contribution in [0.4, 0.5) is 5.69 Å². The summed E-state index contributed by atoms with van der Waals surface area (Å²) in [6.07, 6.45) is 3.46. The quantitative estimate of drug-likeness (QED) is 0.869. The van der Waals surface area contributed by atoms with Crippen LogP contribution in [0.1, 0.15) is 30.1 Å². The molecule has 21 heavy (non-hydrogen) atoms. The standard InChI is InChI=1S/C16H22N4O/c1-12-17-18-16(19(12)2)11-20-10-5-4-7-13-14(20)8-6-9-15(13)21-3/h6,8-9H,4-5,7,10-11H2,1-3H3. The van der Waals surface area contributed by atoms with Gasteiger partial charge in [0.05, 0.1) is 13.7 Å². The molecule has 112 valence electrons. The Bertz CT molecular complexity index is 635. The number of anilines is 1. The molecule has 0 aliphatic carbocycles. The molecule has 0 N–H and O–H groups in total. The summed E-state index contributed by atoms with van der Waals surface area (Å²) in [4.78, 5) is 2.40. The van der Waals surface area contributed by atoms with Crippen molar-refractivity contribution >= 4 is 5.69 Å². The van der Waals surface area contributed by atoms with E-state index in [2.05, 4.69) is 37.9 Å². The van der Waals surface area contributed by atoms with Gasteiger partial charge < -0.3 is 14.2 Å². The Hall–Kier alpha value is -2.04. The van der Waals surface area contributed by atoms with Gasteiger partial charge >= 0.3 is 0 Å². The highest BCUT2D eigenvalue weighted by molar-refractivity contribution is 5.60. The van der Waals surface area contributed by atoms with E-state index in [1.165, 1.54) is 24.1 Å². The predicted molar refractivity (Wildman–Crippen MR) is 82.7 cm³/mol. The maximum absolute atomic E-state index is 5.53. The fraction of sp³-hybridized carbons (Fsp3) is 0.500. The second-order valence-corrected chi connectivity index (χ2v) is 5.56. The number of hydrogen-bond acceptors (Lipinski definition) is 4. The Morgan fingerprint density at radius 3 is 2.81 bits per heavy atom. The fourth-order valence-electron chi connectivity index (χ4n) is 2.94. The van der Waals surface area contributed by atoms with Crippen LogP contribution in [-0.2, 0) is 20.0 Å². The molecule has 1 aromatic carbocycles. The normalized spacial score (nSPS) is 14.7. The topological polar surface area (TPSA) is 43.2 Å². The maximum atomic E-state index is 5.53. The first-order valence-electron chi connectivity index (χ1n) is 7.46.